The summed E-state index contributed by atoms with van der Waals surface area (Å²) in [6, 6.07) is 8.68. The third-order valence-electron chi connectivity index (χ3n) is 5.54. The molecule has 0 unspecified atom stereocenters. The van der Waals surface area contributed by atoms with Gasteiger partial charge in [-0.1, -0.05) is 18.2 Å². The van der Waals surface area contributed by atoms with E-state index in [0.717, 1.165) is 38.3 Å². The average Bonchev–Trinajstić information content (AvgIpc) is 3.27. The lowest BCUT2D eigenvalue weighted by atomic mass is 10.1. The summed E-state index contributed by atoms with van der Waals surface area (Å²) in [4.78, 5) is 17.5. The number of hydrogen-bond donors (Lipinski definition) is 0. The second kappa shape index (κ2) is 7.58. The maximum absolute atomic E-state index is 14.0. The van der Waals surface area contributed by atoms with Crippen molar-refractivity contribution in [2.45, 2.75) is 44.8 Å². The Morgan fingerprint density at radius 1 is 1.15 bits per heavy atom. The molecular weight excluding hydrogens is 331 g/mol. The predicted octanol–water partition coefficient (Wildman–Crippen LogP) is 2.46. The Morgan fingerprint density at radius 2 is 1.96 bits per heavy atom. The highest BCUT2D eigenvalue weighted by molar-refractivity contribution is 5.79. The predicted molar refractivity (Wildman–Crippen MR) is 97.0 cm³/mol. The fraction of sp³-hybridized carbons (Fsp3) is 0.500. The van der Waals surface area contributed by atoms with E-state index < -0.39 is 0 Å². The Kier molecular flexibility index (Phi) is 5.02. The first-order valence-electron chi connectivity index (χ1n) is 9.46. The zero-order chi connectivity index (χ0) is 17.9. The number of likely N-dealkylation sites (tertiary alicyclic amines) is 1. The Morgan fingerprint density at radius 3 is 2.77 bits per heavy atom. The number of halogens is 1. The number of aryl methyl sites for hydroxylation is 1. The Balaban J connectivity index is 1.55. The van der Waals surface area contributed by atoms with Crippen molar-refractivity contribution in [1.82, 2.24) is 19.6 Å². The number of benzene rings is 1. The van der Waals surface area contributed by atoms with Crippen molar-refractivity contribution in [2.75, 3.05) is 19.6 Å². The zero-order valence-corrected chi connectivity index (χ0v) is 15.0. The molecule has 138 valence electrons. The smallest absolute Gasteiger partial charge is 0.227 e. The van der Waals surface area contributed by atoms with Gasteiger partial charge in [-0.3, -0.25) is 9.48 Å². The van der Waals surface area contributed by atoms with Crippen molar-refractivity contribution in [2.24, 2.45) is 0 Å². The van der Waals surface area contributed by atoms with E-state index in [1.54, 1.807) is 24.4 Å². The van der Waals surface area contributed by atoms with Crippen LogP contribution in [0.2, 0.25) is 0 Å². The zero-order valence-electron chi connectivity index (χ0n) is 15.0. The molecule has 1 amide bonds. The second-order valence-corrected chi connectivity index (χ2v) is 7.29. The first kappa shape index (κ1) is 17.2. The van der Waals surface area contributed by atoms with E-state index in [1.807, 2.05) is 15.6 Å². The van der Waals surface area contributed by atoms with E-state index >= 15 is 0 Å². The number of rotatable bonds is 4. The molecule has 1 aromatic heterocycles. The van der Waals surface area contributed by atoms with Gasteiger partial charge in [0.25, 0.3) is 0 Å². The van der Waals surface area contributed by atoms with E-state index in [9.17, 15) is 9.18 Å². The van der Waals surface area contributed by atoms with Crippen LogP contribution in [0, 0.1) is 5.82 Å². The van der Waals surface area contributed by atoms with Gasteiger partial charge >= 0.3 is 0 Å². The number of hydrogen-bond acceptors (Lipinski definition) is 3. The summed E-state index contributed by atoms with van der Waals surface area (Å²) >= 11 is 0. The minimum Gasteiger partial charge on any atom is -0.332 e. The van der Waals surface area contributed by atoms with Gasteiger partial charge in [0, 0.05) is 25.3 Å². The molecule has 0 bridgehead atoms. The minimum atomic E-state index is -0.309. The molecular formula is C20H25FN4O. The van der Waals surface area contributed by atoms with Crippen molar-refractivity contribution in [3.8, 4) is 0 Å². The van der Waals surface area contributed by atoms with Gasteiger partial charge in [0.15, 0.2) is 0 Å². The number of fused-ring (bicyclic) bond motifs is 1. The average molecular weight is 356 g/mol. The maximum Gasteiger partial charge on any atom is 0.227 e. The number of amides is 1. The van der Waals surface area contributed by atoms with Crippen LogP contribution in [0.3, 0.4) is 0 Å². The second-order valence-electron chi connectivity index (χ2n) is 7.29. The van der Waals surface area contributed by atoms with E-state index in [0.29, 0.717) is 12.1 Å². The Hall–Kier alpha value is -2.21. The van der Waals surface area contributed by atoms with Crippen molar-refractivity contribution in [3.05, 3.63) is 53.6 Å². The van der Waals surface area contributed by atoms with Crippen molar-refractivity contribution >= 4 is 5.91 Å². The molecule has 3 heterocycles. The highest BCUT2D eigenvalue weighted by Crippen LogP contribution is 2.21. The molecule has 0 N–H and O–H groups in total. The van der Waals surface area contributed by atoms with Crippen LogP contribution < -0.4 is 0 Å². The molecule has 1 aromatic carbocycles. The molecule has 4 rings (SSSR count). The molecule has 2 aromatic rings. The van der Waals surface area contributed by atoms with E-state index in [1.165, 1.54) is 18.9 Å². The molecule has 0 radical (unpaired) electrons. The first-order chi connectivity index (χ1) is 12.7. The summed E-state index contributed by atoms with van der Waals surface area (Å²) in [6.45, 7) is 4.48. The molecule has 5 nitrogen and oxygen atoms in total. The molecule has 26 heavy (non-hydrogen) atoms. The van der Waals surface area contributed by atoms with Gasteiger partial charge in [-0.25, -0.2) is 4.39 Å². The molecule has 1 fully saturated rings. The van der Waals surface area contributed by atoms with E-state index in [-0.39, 0.29) is 24.2 Å². The van der Waals surface area contributed by atoms with Gasteiger partial charge in [-0.05, 0) is 50.0 Å². The molecule has 2 aliphatic rings. The maximum atomic E-state index is 14.0. The highest BCUT2D eigenvalue weighted by Gasteiger charge is 2.30. The largest absolute Gasteiger partial charge is 0.332 e. The van der Waals surface area contributed by atoms with Crippen molar-refractivity contribution in [3.63, 3.8) is 0 Å². The van der Waals surface area contributed by atoms with Crippen LogP contribution in [0.5, 0.6) is 0 Å². The van der Waals surface area contributed by atoms with E-state index in [4.69, 9.17) is 0 Å². The summed E-state index contributed by atoms with van der Waals surface area (Å²) in [5.41, 5.74) is 1.52. The van der Waals surface area contributed by atoms with Crippen molar-refractivity contribution in [1.29, 1.82) is 0 Å². The lowest BCUT2D eigenvalue weighted by Crippen LogP contribution is -2.46. The summed E-state index contributed by atoms with van der Waals surface area (Å²) in [5.74, 6) is -0.314. The van der Waals surface area contributed by atoms with Crippen LogP contribution in [-0.2, 0) is 24.3 Å². The van der Waals surface area contributed by atoms with Crippen LogP contribution >= 0.6 is 0 Å². The van der Waals surface area contributed by atoms with Crippen molar-refractivity contribution < 1.29 is 9.18 Å². The Bertz CT molecular complexity index is 769. The van der Waals surface area contributed by atoms with Crippen LogP contribution in [0.4, 0.5) is 4.39 Å². The van der Waals surface area contributed by atoms with Gasteiger partial charge in [-0.2, -0.15) is 5.10 Å². The van der Waals surface area contributed by atoms with Gasteiger partial charge in [0.1, 0.15) is 5.82 Å². The Labute approximate surface area is 153 Å². The van der Waals surface area contributed by atoms with Gasteiger partial charge < -0.3 is 9.80 Å². The van der Waals surface area contributed by atoms with E-state index in [2.05, 4.69) is 10.00 Å². The lowest BCUT2D eigenvalue weighted by Gasteiger charge is -2.33. The molecule has 0 aliphatic carbocycles. The number of carbonyl (C=O) groups excluding carboxylic acids is 1. The molecule has 1 saturated heterocycles. The molecule has 2 aliphatic heterocycles. The molecule has 1 atom stereocenters. The summed E-state index contributed by atoms with van der Waals surface area (Å²) in [5, 5.41) is 4.38. The van der Waals surface area contributed by atoms with Gasteiger partial charge in [0.2, 0.25) is 5.91 Å². The van der Waals surface area contributed by atoms with Gasteiger partial charge in [0.05, 0.1) is 18.7 Å². The minimum absolute atomic E-state index is 0.00560. The standard InChI is InChI=1S/C20H25FN4O/c21-19-6-2-1-5-16(19)13-20(26)24-15-18-7-9-22-25(18)12-8-17(24)14-23-10-3-4-11-23/h1-2,5-7,9,17H,3-4,8,10-15H2/t17-/m1/s1. The monoisotopic (exact) mass is 356 g/mol. The summed E-state index contributed by atoms with van der Waals surface area (Å²) < 4.78 is 16.0. The van der Waals surface area contributed by atoms with Gasteiger partial charge in [-0.15, -0.1) is 0 Å². The van der Waals surface area contributed by atoms with Crippen LogP contribution in [0.25, 0.3) is 0 Å². The lowest BCUT2D eigenvalue weighted by molar-refractivity contribution is -0.134. The quantitative estimate of drug-likeness (QED) is 0.845. The highest BCUT2D eigenvalue weighted by atomic mass is 19.1. The molecule has 6 heteroatoms. The fourth-order valence-electron chi connectivity index (χ4n) is 4.08. The van der Waals surface area contributed by atoms with Crippen LogP contribution in [0.1, 0.15) is 30.5 Å². The third-order valence-corrected chi connectivity index (χ3v) is 5.54. The summed E-state index contributed by atoms with van der Waals surface area (Å²) in [6.07, 6.45) is 5.25. The first-order valence-corrected chi connectivity index (χ1v) is 9.46. The molecule has 0 saturated carbocycles. The summed E-state index contributed by atoms with van der Waals surface area (Å²) in [7, 11) is 0. The normalized spacial score (nSPS) is 20.8. The molecule has 0 spiro atoms. The number of aromatic nitrogens is 2. The number of carbonyl (C=O) groups is 1. The topological polar surface area (TPSA) is 41.4 Å². The fourth-order valence-corrected chi connectivity index (χ4v) is 4.08. The SMILES string of the molecule is O=C(Cc1ccccc1F)N1Cc2ccnn2CC[C@@H]1CN1CCCC1. The number of nitrogens with zero attached hydrogens (tertiary/aromatic N) is 4. The van der Waals surface area contributed by atoms with Crippen LogP contribution in [0.15, 0.2) is 36.5 Å². The third kappa shape index (κ3) is 3.65. The van der Waals surface area contributed by atoms with Crippen LogP contribution in [-0.4, -0.2) is 51.2 Å².